The van der Waals surface area contributed by atoms with Crippen LogP contribution in [0.15, 0.2) is 0 Å². The van der Waals surface area contributed by atoms with E-state index in [2.05, 4.69) is 36.0 Å². The number of nitrogens with one attached hydrogen (secondary N) is 1. The van der Waals surface area contributed by atoms with Crippen LogP contribution in [0.4, 0.5) is 0 Å². The van der Waals surface area contributed by atoms with Gasteiger partial charge in [0.25, 0.3) is 0 Å². The second-order valence-corrected chi connectivity index (χ2v) is 6.29. The van der Waals surface area contributed by atoms with Crippen LogP contribution in [0.25, 0.3) is 0 Å². The molecule has 4 heteroatoms. The lowest BCUT2D eigenvalue weighted by Crippen LogP contribution is -2.49. The van der Waals surface area contributed by atoms with Crippen LogP contribution in [0, 0.1) is 5.92 Å². The molecule has 0 aromatic carbocycles. The maximum atomic E-state index is 12.8. The van der Waals surface area contributed by atoms with Crippen molar-refractivity contribution in [2.45, 2.75) is 51.6 Å². The third kappa shape index (κ3) is 3.69. The van der Waals surface area contributed by atoms with E-state index in [-0.39, 0.29) is 5.92 Å². The molecular formula is C15H29N3O. The minimum Gasteiger partial charge on any atom is -0.338 e. The number of nitrogens with zero attached hydrogens (tertiary/aromatic N) is 2. The Morgan fingerprint density at radius 1 is 1.37 bits per heavy atom. The van der Waals surface area contributed by atoms with Crippen molar-refractivity contribution in [1.82, 2.24) is 15.1 Å². The van der Waals surface area contributed by atoms with Crippen molar-refractivity contribution in [2.75, 3.05) is 33.2 Å². The van der Waals surface area contributed by atoms with Crippen molar-refractivity contribution in [3.63, 3.8) is 0 Å². The molecule has 0 aliphatic carbocycles. The SMILES string of the molecule is CCC1CN(C)CCCN1C(=O)C1CCNC(C)C1. The number of carbonyl (C=O) groups is 1. The van der Waals surface area contributed by atoms with E-state index in [9.17, 15) is 4.79 Å². The molecule has 4 nitrogen and oxygen atoms in total. The smallest absolute Gasteiger partial charge is 0.226 e. The first-order valence-corrected chi connectivity index (χ1v) is 7.84. The third-order valence-corrected chi connectivity index (χ3v) is 4.63. The Hall–Kier alpha value is -0.610. The molecule has 19 heavy (non-hydrogen) atoms. The van der Waals surface area contributed by atoms with Crippen LogP contribution in [0.3, 0.4) is 0 Å². The van der Waals surface area contributed by atoms with E-state index in [1.54, 1.807) is 0 Å². The Morgan fingerprint density at radius 2 is 2.16 bits per heavy atom. The molecule has 3 atom stereocenters. The van der Waals surface area contributed by atoms with Gasteiger partial charge in [0.1, 0.15) is 0 Å². The molecule has 0 spiro atoms. The van der Waals surface area contributed by atoms with Gasteiger partial charge in [0, 0.05) is 31.1 Å². The number of rotatable bonds is 2. The predicted octanol–water partition coefficient (Wildman–Crippen LogP) is 1.32. The van der Waals surface area contributed by atoms with Gasteiger partial charge in [-0.3, -0.25) is 4.79 Å². The Labute approximate surface area is 117 Å². The molecule has 0 bridgehead atoms. The predicted molar refractivity (Wildman–Crippen MR) is 78.1 cm³/mol. The summed E-state index contributed by atoms with van der Waals surface area (Å²) < 4.78 is 0. The number of carbonyl (C=O) groups excluding carboxylic acids is 1. The van der Waals surface area contributed by atoms with E-state index in [1.165, 1.54) is 0 Å². The van der Waals surface area contributed by atoms with Crippen molar-refractivity contribution < 1.29 is 4.79 Å². The normalized spacial score (nSPS) is 34.1. The van der Waals surface area contributed by atoms with Crippen LogP contribution in [0.2, 0.25) is 0 Å². The van der Waals surface area contributed by atoms with Gasteiger partial charge in [0.05, 0.1) is 0 Å². The fourth-order valence-corrected chi connectivity index (χ4v) is 3.47. The fourth-order valence-electron chi connectivity index (χ4n) is 3.47. The zero-order valence-corrected chi connectivity index (χ0v) is 12.7. The summed E-state index contributed by atoms with van der Waals surface area (Å²) in [5.41, 5.74) is 0. The largest absolute Gasteiger partial charge is 0.338 e. The molecule has 2 heterocycles. The highest BCUT2D eigenvalue weighted by Gasteiger charge is 2.32. The lowest BCUT2D eigenvalue weighted by molar-refractivity contribution is -0.139. The second-order valence-electron chi connectivity index (χ2n) is 6.29. The summed E-state index contributed by atoms with van der Waals surface area (Å²) in [7, 11) is 2.17. The monoisotopic (exact) mass is 267 g/mol. The van der Waals surface area contributed by atoms with E-state index in [4.69, 9.17) is 0 Å². The highest BCUT2D eigenvalue weighted by molar-refractivity contribution is 5.79. The molecule has 2 aliphatic rings. The molecule has 2 saturated heterocycles. The van der Waals surface area contributed by atoms with Crippen LogP contribution in [-0.2, 0) is 4.79 Å². The minimum absolute atomic E-state index is 0.244. The lowest BCUT2D eigenvalue weighted by Gasteiger charge is -2.36. The number of likely N-dealkylation sites (N-methyl/N-ethyl adjacent to an activating group) is 1. The van der Waals surface area contributed by atoms with Crippen LogP contribution >= 0.6 is 0 Å². The van der Waals surface area contributed by atoms with Gasteiger partial charge in [-0.2, -0.15) is 0 Å². The number of hydrogen-bond acceptors (Lipinski definition) is 3. The van der Waals surface area contributed by atoms with Gasteiger partial charge in [0.15, 0.2) is 0 Å². The summed E-state index contributed by atoms with van der Waals surface area (Å²) in [5.74, 6) is 0.657. The van der Waals surface area contributed by atoms with Gasteiger partial charge in [-0.1, -0.05) is 6.92 Å². The molecule has 0 radical (unpaired) electrons. The van der Waals surface area contributed by atoms with Crippen molar-refractivity contribution in [3.05, 3.63) is 0 Å². The van der Waals surface area contributed by atoms with E-state index >= 15 is 0 Å². The van der Waals surface area contributed by atoms with Gasteiger partial charge in [-0.05, 0) is 52.7 Å². The van der Waals surface area contributed by atoms with Crippen molar-refractivity contribution in [1.29, 1.82) is 0 Å². The minimum atomic E-state index is 0.244. The summed E-state index contributed by atoms with van der Waals surface area (Å²) in [5, 5.41) is 3.44. The number of hydrogen-bond donors (Lipinski definition) is 1. The van der Waals surface area contributed by atoms with Gasteiger partial charge >= 0.3 is 0 Å². The standard InChI is InChI=1S/C15H29N3O/c1-4-14-11-17(3)8-5-9-18(14)15(19)13-6-7-16-12(2)10-13/h12-14,16H,4-11H2,1-3H3. The van der Waals surface area contributed by atoms with E-state index < -0.39 is 0 Å². The van der Waals surface area contributed by atoms with E-state index in [0.717, 1.165) is 51.9 Å². The number of amides is 1. The molecule has 110 valence electrons. The average Bonchev–Trinajstić information content (AvgIpc) is 2.59. The molecule has 0 saturated carbocycles. The first-order chi connectivity index (χ1) is 9.11. The quantitative estimate of drug-likeness (QED) is 0.819. The second kappa shape index (κ2) is 6.71. The van der Waals surface area contributed by atoms with Crippen molar-refractivity contribution in [2.24, 2.45) is 5.92 Å². The molecule has 1 N–H and O–H groups in total. The van der Waals surface area contributed by atoms with E-state index in [0.29, 0.717) is 18.0 Å². The van der Waals surface area contributed by atoms with Crippen LogP contribution in [0.5, 0.6) is 0 Å². The van der Waals surface area contributed by atoms with Gasteiger partial charge in [-0.15, -0.1) is 0 Å². The van der Waals surface area contributed by atoms with Crippen molar-refractivity contribution >= 4 is 5.91 Å². The van der Waals surface area contributed by atoms with E-state index in [1.807, 2.05) is 0 Å². The lowest BCUT2D eigenvalue weighted by atomic mass is 9.91. The first kappa shape index (κ1) is 14.8. The summed E-state index contributed by atoms with van der Waals surface area (Å²) in [6.07, 6.45) is 4.18. The number of piperidine rings is 1. The highest BCUT2D eigenvalue weighted by Crippen LogP contribution is 2.22. The van der Waals surface area contributed by atoms with Gasteiger partial charge in [-0.25, -0.2) is 0 Å². The molecule has 0 aromatic heterocycles. The summed E-state index contributed by atoms with van der Waals surface area (Å²) in [4.78, 5) is 17.4. The fraction of sp³-hybridized carbons (Fsp3) is 0.933. The summed E-state index contributed by atoms with van der Waals surface area (Å²) >= 11 is 0. The molecule has 1 amide bonds. The summed E-state index contributed by atoms with van der Waals surface area (Å²) in [6, 6.07) is 0.891. The van der Waals surface area contributed by atoms with Gasteiger partial charge < -0.3 is 15.1 Å². The van der Waals surface area contributed by atoms with Gasteiger partial charge in [0.2, 0.25) is 5.91 Å². The first-order valence-electron chi connectivity index (χ1n) is 7.84. The zero-order valence-electron chi connectivity index (χ0n) is 12.7. The molecule has 2 fully saturated rings. The molecular weight excluding hydrogens is 238 g/mol. The zero-order chi connectivity index (χ0) is 13.8. The van der Waals surface area contributed by atoms with Crippen LogP contribution in [-0.4, -0.2) is 61.0 Å². The third-order valence-electron chi connectivity index (χ3n) is 4.63. The van der Waals surface area contributed by atoms with Crippen molar-refractivity contribution in [3.8, 4) is 0 Å². The highest BCUT2D eigenvalue weighted by atomic mass is 16.2. The Morgan fingerprint density at radius 3 is 2.84 bits per heavy atom. The maximum Gasteiger partial charge on any atom is 0.226 e. The Bertz CT molecular complexity index is 308. The van der Waals surface area contributed by atoms with Crippen LogP contribution < -0.4 is 5.32 Å². The molecule has 0 aromatic rings. The molecule has 3 unspecified atom stereocenters. The molecule has 2 aliphatic heterocycles. The van der Waals surface area contributed by atoms with Crippen LogP contribution in [0.1, 0.15) is 39.5 Å². The summed E-state index contributed by atoms with van der Waals surface area (Å²) in [6.45, 7) is 8.47. The average molecular weight is 267 g/mol. The Balaban J connectivity index is 2.02. The topological polar surface area (TPSA) is 35.6 Å². The Kier molecular flexibility index (Phi) is 5.22. The maximum absolute atomic E-state index is 12.8. The molecule has 2 rings (SSSR count).